The van der Waals surface area contributed by atoms with E-state index in [1.807, 2.05) is 0 Å². The van der Waals surface area contributed by atoms with Crippen LogP contribution in [0.4, 0.5) is 18.9 Å². The second-order valence-electron chi connectivity index (χ2n) is 8.02. The third-order valence-corrected chi connectivity index (χ3v) is 6.69. The molecule has 3 aromatic rings. The lowest BCUT2D eigenvalue weighted by atomic mass is 9.95. The van der Waals surface area contributed by atoms with Crippen LogP contribution in [0, 0.1) is 10.1 Å². The second-order valence-corrected chi connectivity index (χ2v) is 9.03. The molecule has 2 aromatic carbocycles. The highest BCUT2D eigenvalue weighted by Crippen LogP contribution is 2.41. The van der Waals surface area contributed by atoms with Gasteiger partial charge in [0.05, 0.1) is 27.7 Å². The molecular weight excluding hydrogens is 531 g/mol. The van der Waals surface area contributed by atoms with Crippen LogP contribution in [0.3, 0.4) is 0 Å². The first-order valence-electron chi connectivity index (χ1n) is 11.0. The summed E-state index contributed by atoms with van der Waals surface area (Å²) in [5.41, 5.74) is -2.63. The summed E-state index contributed by atoms with van der Waals surface area (Å²) in [5, 5.41) is 10.9. The molecule has 38 heavy (non-hydrogen) atoms. The minimum atomic E-state index is -5.04. The Labute approximate surface area is 214 Å². The van der Waals surface area contributed by atoms with Crippen molar-refractivity contribution in [2.24, 2.45) is 4.99 Å². The fourth-order valence-corrected chi connectivity index (χ4v) is 5.08. The number of fused-ring (bicyclic) bond motifs is 2. The van der Waals surface area contributed by atoms with Gasteiger partial charge in [-0.3, -0.25) is 19.5 Å². The van der Waals surface area contributed by atoms with Crippen molar-refractivity contribution in [3.63, 3.8) is 0 Å². The standard InChI is InChI=1S/C24H16F3N3O7S/c1-2-35-22(32)18-19(13-5-8-15-16(10-13)37-11-36-15)29-21(31)17(38-23(29)28-20(18)24(25,26)27)9-12-3-6-14(7-4-12)30(33)34/h3-10,19H,2,11H2,1H3/b17-9+. The lowest BCUT2D eigenvalue weighted by molar-refractivity contribution is -0.384. The number of rotatable bonds is 5. The van der Waals surface area contributed by atoms with Crippen molar-refractivity contribution in [3.8, 4) is 11.5 Å². The highest BCUT2D eigenvalue weighted by atomic mass is 32.1. The monoisotopic (exact) mass is 547 g/mol. The number of aromatic nitrogens is 1. The number of allylic oxidation sites excluding steroid dienone is 1. The predicted octanol–water partition coefficient (Wildman–Crippen LogP) is 2.98. The number of halogens is 3. The van der Waals surface area contributed by atoms with Crippen molar-refractivity contribution in [2.75, 3.05) is 13.4 Å². The second kappa shape index (κ2) is 9.45. The van der Waals surface area contributed by atoms with Gasteiger partial charge in [0.15, 0.2) is 22.0 Å². The molecule has 0 N–H and O–H groups in total. The summed E-state index contributed by atoms with van der Waals surface area (Å²) >= 11 is 0.690. The zero-order chi connectivity index (χ0) is 27.2. The first-order valence-corrected chi connectivity index (χ1v) is 11.8. The Morgan fingerprint density at radius 3 is 2.61 bits per heavy atom. The van der Waals surface area contributed by atoms with Crippen LogP contribution in [0.15, 0.2) is 63.5 Å². The van der Waals surface area contributed by atoms with Crippen molar-refractivity contribution in [2.45, 2.75) is 19.1 Å². The average molecular weight is 547 g/mol. The van der Waals surface area contributed by atoms with Crippen LogP contribution >= 0.6 is 11.3 Å². The van der Waals surface area contributed by atoms with E-state index in [1.165, 1.54) is 55.5 Å². The zero-order valence-electron chi connectivity index (χ0n) is 19.4. The molecular formula is C24H16F3N3O7S. The number of carbonyl (C=O) groups is 1. The Hall–Kier alpha value is -4.46. The number of non-ortho nitro benzene ring substituents is 1. The summed E-state index contributed by atoms with van der Waals surface area (Å²) in [6, 6.07) is 8.05. The maximum absolute atomic E-state index is 14.2. The number of thiazole rings is 1. The lowest BCUT2D eigenvalue weighted by Gasteiger charge is -2.26. The van der Waals surface area contributed by atoms with Crippen LogP contribution in [0.25, 0.3) is 6.08 Å². The summed E-state index contributed by atoms with van der Waals surface area (Å²) in [5.74, 6) is -0.669. The van der Waals surface area contributed by atoms with Crippen LogP contribution in [0.5, 0.6) is 11.5 Å². The minimum Gasteiger partial charge on any atom is -0.463 e. The molecule has 0 aliphatic carbocycles. The average Bonchev–Trinajstić information content (AvgIpc) is 3.46. The van der Waals surface area contributed by atoms with Gasteiger partial charge in [0.25, 0.3) is 11.2 Å². The molecule has 0 saturated carbocycles. The summed E-state index contributed by atoms with van der Waals surface area (Å²) in [6.07, 6.45) is -3.66. The zero-order valence-corrected chi connectivity index (χ0v) is 20.2. The molecule has 0 spiro atoms. The van der Waals surface area contributed by atoms with Gasteiger partial charge in [-0.25, -0.2) is 9.79 Å². The summed E-state index contributed by atoms with van der Waals surface area (Å²) in [6.45, 7) is 1.15. The van der Waals surface area contributed by atoms with Gasteiger partial charge in [0, 0.05) is 12.1 Å². The van der Waals surface area contributed by atoms with E-state index in [0.29, 0.717) is 22.6 Å². The van der Waals surface area contributed by atoms with E-state index in [-0.39, 0.29) is 39.7 Å². The maximum Gasteiger partial charge on any atom is 0.434 e. The Morgan fingerprint density at radius 1 is 1.24 bits per heavy atom. The van der Waals surface area contributed by atoms with E-state index in [2.05, 4.69) is 4.99 Å². The van der Waals surface area contributed by atoms with Gasteiger partial charge in [-0.15, -0.1) is 0 Å². The molecule has 0 bridgehead atoms. The Bertz CT molecular complexity index is 1670. The number of esters is 1. The molecule has 1 unspecified atom stereocenters. The van der Waals surface area contributed by atoms with Crippen molar-refractivity contribution < 1.29 is 37.1 Å². The topological polar surface area (TPSA) is 122 Å². The fourth-order valence-electron chi connectivity index (χ4n) is 4.08. The minimum absolute atomic E-state index is 0.00924. The third kappa shape index (κ3) is 4.42. The molecule has 0 saturated heterocycles. The largest absolute Gasteiger partial charge is 0.463 e. The number of benzene rings is 2. The highest BCUT2D eigenvalue weighted by Gasteiger charge is 2.45. The fraction of sp³-hybridized carbons (Fsp3) is 0.208. The molecule has 1 atom stereocenters. The molecule has 2 aliphatic heterocycles. The smallest absolute Gasteiger partial charge is 0.434 e. The first-order chi connectivity index (χ1) is 18.1. The van der Waals surface area contributed by atoms with Crippen LogP contribution < -0.4 is 24.4 Å². The van der Waals surface area contributed by atoms with Crippen LogP contribution in [-0.2, 0) is 9.53 Å². The molecule has 14 heteroatoms. The molecule has 1 aromatic heterocycles. The quantitative estimate of drug-likeness (QED) is 0.273. The van der Waals surface area contributed by atoms with Gasteiger partial charge in [-0.1, -0.05) is 17.4 Å². The van der Waals surface area contributed by atoms with Crippen molar-refractivity contribution in [3.05, 3.63) is 94.7 Å². The number of nitrogens with zero attached hydrogens (tertiary/aromatic N) is 3. The van der Waals surface area contributed by atoms with Crippen molar-refractivity contribution >= 4 is 29.1 Å². The molecule has 0 fully saturated rings. The van der Waals surface area contributed by atoms with Crippen LogP contribution in [0.1, 0.15) is 24.1 Å². The number of alkyl halides is 3. The lowest BCUT2D eigenvalue weighted by Crippen LogP contribution is -2.41. The predicted molar refractivity (Wildman–Crippen MR) is 126 cm³/mol. The van der Waals surface area contributed by atoms with E-state index >= 15 is 0 Å². The molecule has 10 nitrogen and oxygen atoms in total. The summed E-state index contributed by atoms with van der Waals surface area (Å²) in [7, 11) is 0. The Balaban J connectivity index is 1.76. The molecule has 196 valence electrons. The van der Waals surface area contributed by atoms with Crippen molar-refractivity contribution in [1.29, 1.82) is 0 Å². The number of ether oxygens (including phenoxy) is 3. The van der Waals surface area contributed by atoms with E-state index in [9.17, 15) is 32.9 Å². The number of hydrogen-bond donors (Lipinski definition) is 0. The van der Waals surface area contributed by atoms with E-state index in [1.54, 1.807) is 0 Å². The Morgan fingerprint density at radius 2 is 1.95 bits per heavy atom. The van der Waals surface area contributed by atoms with Crippen LogP contribution in [-0.4, -0.2) is 35.0 Å². The highest BCUT2D eigenvalue weighted by molar-refractivity contribution is 7.07. The Kier molecular flexibility index (Phi) is 6.26. The number of carbonyl (C=O) groups excluding carboxylic acids is 1. The summed E-state index contributed by atoms with van der Waals surface area (Å²) < 4.78 is 59.2. The van der Waals surface area contributed by atoms with E-state index < -0.39 is 39.9 Å². The number of nitro groups is 1. The molecule has 5 rings (SSSR count). The van der Waals surface area contributed by atoms with Gasteiger partial charge in [0.2, 0.25) is 6.79 Å². The van der Waals surface area contributed by atoms with Crippen molar-refractivity contribution in [1.82, 2.24) is 4.57 Å². The van der Waals surface area contributed by atoms with E-state index in [0.717, 1.165) is 4.57 Å². The number of nitro benzene ring substituents is 1. The molecule has 0 radical (unpaired) electrons. The molecule has 2 aliphatic rings. The molecule has 3 heterocycles. The first kappa shape index (κ1) is 25.2. The third-order valence-electron chi connectivity index (χ3n) is 5.71. The maximum atomic E-state index is 14.2. The normalized spacial score (nSPS) is 16.7. The summed E-state index contributed by atoms with van der Waals surface area (Å²) in [4.78, 5) is 40.2. The van der Waals surface area contributed by atoms with Gasteiger partial charge in [0.1, 0.15) is 0 Å². The molecule has 0 amide bonds. The van der Waals surface area contributed by atoms with Gasteiger partial charge >= 0.3 is 12.1 Å². The van der Waals surface area contributed by atoms with Gasteiger partial charge in [-0.2, -0.15) is 13.2 Å². The van der Waals surface area contributed by atoms with E-state index in [4.69, 9.17) is 14.2 Å². The number of hydrogen-bond acceptors (Lipinski definition) is 9. The van der Waals surface area contributed by atoms with Gasteiger partial charge < -0.3 is 14.2 Å². The SMILES string of the molecule is CCOC(=O)C1=C(C(F)(F)F)N=c2s/c(=C/c3ccc([N+](=O)[O-])cc3)c(=O)n2C1c1ccc2c(c1)OCO2. The van der Waals surface area contributed by atoms with Gasteiger partial charge in [-0.05, 0) is 48.4 Å². The van der Waals surface area contributed by atoms with Crippen LogP contribution in [0.2, 0.25) is 0 Å².